The molecule has 0 radical (unpaired) electrons. The lowest BCUT2D eigenvalue weighted by Crippen LogP contribution is -2.63. The maximum Gasteiger partial charge on any atom is 0.506 e. The van der Waals surface area contributed by atoms with Crippen LogP contribution in [0, 0.1) is 0 Å². The molecule has 1 atom stereocenters. The number of rotatable bonds is 7. The van der Waals surface area contributed by atoms with E-state index in [2.05, 4.69) is 0 Å². The van der Waals surface area contributed by atoms with Crippen LogP contribution in [0.15, 0.2) is 0 Å². The van der Waals surface area contributed by atoms with Gasteiger partial charge < -0.3 is 30.5 Å². The lowest BCUT2D eigenvalue weighted by atomic mass is 10.1. The van der Waals surface area contributed by atoms with E-state index in [1.165, 1.54) is 21.3 Å². The summed E-state index contributed by atoms with van der Waals surface area (Å²) >= 11 is 0. The molecule has 6 nitrogen and oxygen atoms in total. The van der Waals surface area contributed by atoms with Crippen molar-refractivity contribution in [3.05, 3.63) is 0 Å². The second kappa shape index (κ2) is 5.90. The molecule has 0 aromatic carbocycles. The molecule has 0 amide bonds. The molecule has 0 aromatic rings. The Kier molecular flexibility index (Phi) is 5.89. The van der Waals surface area contributed by atoms with Gasteiger partial charge in [-0.2, -0.15) is 0 Å². The van der Waals surface area contributed by atoms with E-state index in [-0.39, 0.29) is 5.54 Å². The molecule has 7 heteroatoms. The Morgan fingerprint density at radius 2 is 1.53 bits per heavy atom. The Morgan fingerprint density at radius 1 is 1.13 bits per heavy atom. The van der Waals surface area contributed by atoms with E-state index >= 15 is 0 Å². The maximum atomic E-state index is 5.90. The lowest BCUT2D eigenvalue weighted by molar-refractivity contribution is 0.0973. The molecule has 6 N–H and O–H groups in total. The van der Waals surface area contributed by atoms with Gasteiger partial charge in [-0.1, -0.05) is 0 Å². The normalized spacial score (nSPS) is 15.4. The van der Waals surface area contributed by atoms with Crippen LogP contribution in [0.1, 0.15) is 13.3 Å². The van der Waals surface area contributed by atoms with E-state index in [0.717, 1.165) is 0 Å². The van der Waals surface area contributed by atoms with Gasteiger partial charge in [-0.15, -0.1) is 0 Å². The molecule has 0 heterocycles. The van der Waals surface area contributed by atoms with Crippen LogP contribution in [-0.2, 0) is 13.3 Å². The Hall–Kier alpha value is -0.0231. The second-order valence-corrected chi connectivity index (χ2v) is 6.84. The summed E-state index contributed by atoms with van der Waals surface area (Å²) < 4.78 is 16.1. The minimum absolute atomic E-state index is 0.227. The highest BCUT2D eigenvalue weighted by Gasteiger charge is 2.52. The smallest absolute Gasteiger partial charge is 0.377 e. The van der Waals surface area contributed by atoms with Gasteiger partial charge in [-0.25, -0.2) is 0 Å². The molecule has 0 bridgehead atoms. The number of nitrogens with two attached hydrogens (primary N) is 3. The summed E-state index contributed by atoms with van der Waals surface area (Å²) in [6.07, 6.45) is 0.602. The molecule has 0 aliphatic heterocycles. The number of hydrogen-bond donors (Lipinski definition) is 3. The molecule has 0 aliphatic carbocycles. The van der Waals surface area contributed by atoms with Gasteiger partial charge >= 0.3 is 8.80 Å². The van der Waals surface area contributed by atoms with Crippen LogP contribution in [0.25, 0.3) is 0 Å². The molecule has 1 unspecified atom stereocenters. The largest absolute Gasteiger partial charge is 0.506 e. The quantitative estimate of drug-likeness (QED) is 0.396. The summed E-state index contributed by atoms with van der Waals surface area (Å²) in [7, 11) is 1.78. The highest BCUT2D eigenvalue weighted by Crippen LogP contribution is 2.32. The van der Waals surface area contributed by atoms with Gasteiger partial charge in [0.2, 0.25) is 0 Å². The van der Waals surface area contributed by atoms with Gasteiger partial charge in [-0.05, 0) is 19.9 Å². The summed E-state index contributed by atoms with van der Waals surface area (Å²) in [5.41, 5.74) is 16.2. The van der Waals surface area contributed by atoms with Crippen LogP contribution in [0.2, 0.25) is 5.54 Å². The van der Waals surface area contributed by atoms with Gasteiger partial charge in [-0.3, -0.25) is 0 Å². The summed E-state index contributed by atoms with van der Waals surface area (Å²) in [6.45, 7) is 2.17. The van der Waals surface area contributed by atoms with Crippen molar-refractivity contribution >= 4 is 8.80 Å². The zero-order valence-electron chi connectivity index (χ0n) is 9.95. The van der Waals surface area contributed by atoms with Crippen molar-refractivity contribution in [2.24, 2.45) is 17.2 Å². The monoisotopic (exact) mass is 237 g/mol. The van der Waals surface area contributed by atoms with Crippen LogP contribution in [0.3, 0.4) is 0 Å². The molecule has 0 saturated carbocycles. The molecule has 0 spiro atoms. The van der Waals surface area contributed by atoms with Gasteiger partial charge in [0.1, 0.15) is 0 Å². The summed E-state index contributed by atoms with van der Waals surface area (Å²) in [4.78, 5) is 0. The van der Waals surface area contributed by atoms with E-state index in [1.807, 2.05) is 0 Å². The highest BCUT2D eigenvalue weighted by atomic mass is 28.4. The topological polar surface area (TPSA) is 106 Å². The fourth-order valence-corrected chi connectivity index (χ4v) is 4.35. The average Bonchev–Trinajstić information content (AvgIpc) is 2.18. The van der Waals surface area contributed by atoms with Crippen molar-refractivity contribution in [1.82, 2.24) is 0 Å². The minimum Gasteiger partial charge on any atom is -0.377 e. The van der Waals surface area contributed by atoms with Gasteiger partial charge in [0, 0.05) is 21.3 Å². The van der Waals surface area contributed by atoms with Crippen LogP contribution in [0.5, 0.6) is 0 Å². The molecule has 0 aromatic heterocycles. The van der Waals surface area contributed by atoms with Crippen molar-refractivity contribution in [2.45, 2.75) is 24.5 Å². The van der Waals surface area contributed by atoms with Gasteiger partial charge in [0.15, 0.2) is 0 Å². The highest BCUT2D eigenvalue weighted by molar-refractivity contribution is 6.62. The van der Waals surface area contributed by atoms with Crippen molar-refractivity contribution in [2.75, 3.05) is 27.9 Å². The van der Waals surface area contributed by atoms with Crippen molar-refractivity contribution < 1.29 is 13.3 Å². The van der Waals surface area contributed by atoms with E-state index in [0.29, 0.717) is 13.0 Å². The van der Waals surface area contributed by atoms with Gasteiger partial charge in [0.25, 0.3) is 0 Å². The van der Waals surface area contributed by atoms with Crippen LogP contribution < -0.4 is 17.2 Å². The second-order valence-electron chi connectivity index (χ2n) is 3.71. The third-order valence-electron chi connectivity index (χ3n) is 2.49. The minimum atomic E-state index is -2.83. The zero-order valence-corrected chi connectivity index (χ0v) is 10.9. The first-order chi connectivity index (χ1) is 6.87. The first-order valence-electron chi connectivity index (χ1n) is 4.81. The Balaban J connectivity index is 5.00. The summed E-state index contributed by atoms with van der Waals surface area (Å²) in [5, 5.41) is 0. The average molecular weight is 237 g/mol. The molecule has 0 rings (SSSR count). The van der Waals surface area contributed by atoms with Crippen molar-refractivity contribution in [1.29, 1.82) is 0 Å². The molecule has 0 fully saturated rings. The molecule has 15 heavy (non-hydrogen) atoms. The fraction of sp³-hybridized carbons (Fsp3) is 1.00. The van der Waals surface area contributed by atoms with Crippen LogP contribution >= 0.6 is 0 Å². The van der Waals surface area contributed by atoms with E-state index < -0.39 is 14.5 Å². The first-order valence-corrected chi connectivity index (χ1v) is 6.61. The standard InChI is InChI=1S/C8H23N3O3Si/c1-8(10,11)7(5-6-9)15(12-2,13-3)14-4/h7H,5-6,9-11H2,1-4H3. The van der Waals surface area contributed by atoms with E-state index in [9.17, 15) is 0 Å². The van der Waals surface area contributed by atoms with Crippen LogP contribution in [-0.4, -0.2) is 42.3 Å². The zero-order chi connectivity index (χ0) is 12.1. The Morgan fingerprint density at radius 3 is 1.73 bits per heavy atom. The Labute approximate surface area is 92.4 Å². The third kappa shape index (κ3) is 3.49. The van der Waals surface area contributed by atoms with Crippen molar-refractivity contribution in [3.63, 3.8) is 0 Å². The maximum absolute atomic E-state index is 5.90. The first kappa shape index (κ1) is 15.0. The van der Waals surface area contributed by atoms with Gasteiger partial charge in [0.05, 0.1) is 11.2 Å². The molecular formula is C8H23N3O3Si. The van der Waals surface area contributed by atoms with E-state index in [4.69, 9.17) is 30.5 Å². The SMILES string of the molecule is CO[Si](OC)(OC)C(CCN)C(C)(N)N. The van der Waals surface area contributed by atoms with Crippen LogP contribution in [0.4, 0.5) is 0 Å². The van der Waals surface area contributed by atoms with E-state index in [1.54, 1.807) is 6.92 Å². The Bertz CT molecular complexity index is 174. The van der Waals surface area contributed by atoms with Crippen molar-refractivity contribution in [3.8, 4) is 0 Å². The summed E-state index contributed by atoms with van der Waals surface area (Å²) in [6, 6.07) is 0. The fourth-order valence-electron chi connectivity index (χ4n) is 1.71. The molecule has 92 valence electrons. The molecule has 0 aliphatic rings. The molecule has 0 saturated heterocycles. The molecular weight excluding hydrogens is 214 g/mol. The predicted octanol–water partition coefficient (Wildman–Crippen LogP) is -0.783. The third-order valence-corrected chi connectivity index (χ3v) is 5.96. The summed E-state index contributed by atoms with van der Waals surface area (Å²) in [5.74, 6) is 0. The predicted molar refractivity (Wildman–Crippen MR) is 61.0 cm³/mol. The lowest BCUT2D eigenvalue weighted by Gasteiger charge is -2.39. The number of hydrogen-bond acceptors (Lipinski definition) is 6.